The predicted molar refractivity (Wildman–Crippen MR) is 68.0 cm³/mol. The molecule has 2 aromatic carbocycles. The van der Waals surface area contributed by atoms with Gasteiger partial charge in [-0.3, -0.25) is 0 Å². The van der Waals surface area contributed by atoms with Gasteiger partial charge in [-0.1, -0.05) is 24.3 Å². The summed E-state index contributed by atoms with van der Waals surface area (Å²) in [4.78, 5) is 21.4. The minimum absolute atomic E-state index is 0. The van der Waals surface area contributed by atoms with Crippen LogP contribution in [-0.2, 0) is 0 Å². The molecule has 4 nitrogen and oxygen atoms in total. The van der Waals surface area contributed by atoms with Crippen LogP contribution in [0.25, 0.3) is 11.1 Å². The van der Waals surface area contributed by atoms with Crippen molar-refractivity contribution in [2.45, 2.75) is 0 Å². The third-order valence-electron chi connectivity index (χ3n) is 2.60. The minimum Gasteiger partial charge on any atom is -1.00 e. The van der Waals surface area contributed by atoms with Gasteiger partial charge in [0.2, 0.25) is 0 Å². The van der Waals surface area contributed by atoms with E-state index in [2.05, 4.69) is 0 Å². The van der Waals surface area contributed by atoms with Gasteiger partial charge in [0.1, 0.15) is 0 Å². The SMILES string of the molecule is O=C(O)c1ccc(-c2ccc(C(=O)O)cc2)cc1.[H-].[H-].[Li+].[Li+]. The molecule has 0 atom stereocenters. The minimum atomic E-state index is -0.970. The largest absolute Gasteiger partial charge is 1.00 e. The van der Waals surface area contributed by atoms with E-state index in [-0.39, 0.29) is 51.7 Å². The molecule has 0 amide bonds. The smallest absolute Gasteiger partial charge is 1.00 e. The van der Waals surface area contributed by atoms with Gasteiger partial charge >= 0.3 is 49.7 Å². The maximum atomic E-state index is 10.7. The molecule has 0 aliphatic carbocycles. The van der Waals surface area contributed by atoms with Gasteiger partial charge in [-0.15, -0.1) is 0 Å². The van der Waals surface area contributed by atoms with Crippen molar-refractivity contribution in [3.63, 3.8) is 0 Å². The van der Waals surface area contributed by atoms with Crippen LogP contribution < -0.4 is 37.7 Å². The molecule has 6 heteroatoms. The van der Waals surface area contributed by atoms with Gasteiger partial charge in [0.05, 0.1) is 11.1 Å². The summed E-state index contributed by atoms with van der Waals surface area (Å²) in [6, 6.07) is 12.8. The molecule has 94 valence electrons. The second-order valence-corrected chi connectivity index (χ2v) is 3.77. The molecule has 0 fully saturated rings. The van der Waals surface area contributed by atoms with Gasteiger partial charge in [0.15, 0.2) is 0 Å². The van der Waals surface area contributed by atoms with Crippen molar-refractivity contribution in [2.75, 3.05) is 0 Å². The van der Waals surface area contributed by atoms with E-state index in [1.807, 2.05) is 0 Å². The normalized spacial score (nSPS) is 9.00. The molecule has 2 N–H and O–H groups in total. The number of carbonyl (C=O) groups is 2. The zero-order valence-corrected chi connectivity index (χ0v) is 11.3. The molecule has 0 spiro atoms. The van der Waals surface area contributed by atoms with Crippen LogP contribution in [0.4, 0.5) is 0 Å². The Hall–Kier alpha value is -1.43. The van der Waals surface area contributed by atoms with Crippen LogP contribution in [0.1, 0.15) is 23.6 Å². The Morgan fingerprint density at radius 1 is 0.650 bits per heavy atom. The van der Waals surface area contributed by atoms with E-state index in [1.165, 1.54) is 24.3 Å². The van der Waals surface area contributed by atoms with Crippen LogP contribution in [0.5, 0.6) is 0 Å². The summed E-state index contributed by atoms with van der Waals surface area (Å²) in [7, 11) is 0. The van der Waals surface area contributed by atoms with Crippen LogP contribution in [0.15, 0.2) is 48.5 Å². The molecule has 20 heavy (non-hydrogen) atoms. The molecule has 0 radical (unpaired) electrons. The van der Waals surface area contributed by atoms with Crippen molar-refractivity contribution in [3.05, 3.63) is 59.7 Å². The monoisotopic (exact) mass is 258 g/mol. The molecule has 0 saturated carbocycles. The Balaban J connectivity index is -0.000000902. The number of hydrogen-bond acceptors (Lipinski definition) is 2. The molecule has 0 unspecified atom stereocenters. The van der Waals surface area contributed by atoms with Crippen LogP contribution >= 0.6 is 0 Å². The fourth-order valence-corrected chi connectivity index (χ4v) is 1.61. The Morgan fingerprint density at radius 3 is 1.10 bits per heavy atom. The summed E-state index contributed by atoms with van der Waals surface area (Å²) in [6.45, 7) is 0. The Bertz CT molecular complexity index is 546. The summed E-state index contributed by atoms with van der Waals surface area (Å²) in [5, 5.41) is 17.6. The predicted octanol–water partition coefficient (Wildman–Crippen LogP) is -3.02. The van der Waals surface area contributed by atoms with Gasteiger partial charge < -0.3 is 13.1 Å². The third kappa shape index (κ3) is 4.30. The van der Waals surface area contributed by atoms with Crippen molar-refractivity contribution in [1.82, 2.24) is 0 Å². The summed E-state index contributed by atoms with van der Waals surface area (Å²) >= 11 is 0. The van der Waals surface area contributed by atoms with E-state index >= 15 is 0 Å². The van der Waals surface area contributed by atoms with Crippen molar-refractivity contribution in [1.29, 1.82) is 0 Å². The molecule has 2 rings (SSSR count). The maximum Gasteiger partial charge on any atom is 1.00 e. The van der Waals surface area contributed by atoms with E-state index in [1.54, 1.807) is 24.3 Å². The molecular formula is C14H12Li2O4. The first-order chi connectivity index (χ1) is 8.58. The van der Waals surface area contributed by atoms with E-state index in [0.717, 1.165) is 11.1 Å². The molecule has 0 aliphatic rings. The van der Waals surface area contributed by atoms with Gasteiger partial charge in [-0.2, -0.15) is 0 Å². The molecule has 0 aromatic heterocycles. The third-order valence-corrected chi connectivity index (χ3v) is 2.60. The molecule has 0 aliphatic heterocycles. The Labute approximate surface area is 143 Å². The molecule has 2 aromatic rings. The van der Waals surface area contributed by atoms with Crippen LogP contribution in [0, 0.1) is 0 Å². The number of carboxylic acid groups (broad SMARTS) is 2. The second-order valence-electron chi connectivity index (χ2n) is 3.77. The Kier molecular flexibility index (Phi) is 7.43. The van der Waals surface area contributed by atoms with Gasteiger partial charge in [0.25, 0.3) is 0 Å². The van der Waals surface area contributed by atoms with E-state index in [9.17, 15) is 9.59 Å². The van der Waals surface area contributed by atoms with Gasteiger partial charge in [0, 0.05) is 0 Å². The summed E-state index contributed by atoms with van der Waals surface area (Å²) in [5.41, 5.74) is 2.13. The van der Waals surface area contributed by atoms with Crippen LogP contribution in [0.2, 0.25) is 0 Å². The zero-order valence-electron chi connectivity index (χ0n) is 13.3. The summed E-state index contributed by atoms with van der Waals surface area (Å²) < 4.78 is 0. The van der Waals surface area contributed by atoms with E-state index < -0.39 is 11.9 Å². The van der Waals surface area contributed by atoms with Crippen molar-refractivity contribution in [2.24, 2.45) is 0 Å². The summed E-state index contributed by atoms with van der Waals surface area (Å²) in [5.74, 6) is -1.94. The van der Waals surface area contributed by atoms with Crippen molar-refractivity contribution >= 4 is 11.9 Å². The molecule has 0 heterocycles. The van der Waals surface area contributed by atoms with Gasteiger partial charge in [-0.05, 0) is 35.4 Å². The number of hydrogen-bond donors (Lipinski definition) is 2. The Morgan fingerprint density at radius 2 is 0.900 bits per heavy atom. The number of rotatable bonds is 3. The fraction of sp³-hybridized carbons (Fsp3) is 0. The quantitative estimate of drug-likeness (QED) is 0.575. The summed E-state index contributed by atoms with van der Waals surface area (Å²) in [6.07, 6.45) is 0. The topological polar surface area (TPSA) is 74.6 Å². The molecule has 0 bridgehead atoms. The van der Waals surface area contributed by atoms with Crippen molar-refractivity contribution < 1.29 is 60.4 Å². The standard InChI is InChI=1S/C14H10O4.2Li.2H/c15-13(16)11-5-1-9(2-6-11)10-3-7-12(8-4-10)14(17)18;;;;/h1-8H,(H,15,16)(H,17,18);;;;/q;2*+1;2*-1. The number of benzene rings is 2. The number of aromatic carboxylic acids is 2. The zero-order chi connectivity index (χ0) is 13.1. The first-order valence-electron chi connectivity index (χ1n) is 5.25. The first kappa shape index (κ1) is 18.6. The maximum absolute atomic E-state index is 10.7. The van der Waals surface area contributed by atoms with Crippen LogP contribution in [0.3, 0.4) is 0 Å². The van der Waals surface area contributed by atoms with E-state index in [4.69, 9.17) is 10.2 Å². The molecule has 0 saturated heterocycles. The van der Waals surface area contributed by atoms with Gasteiger partial charge in [-0.25, -0.2) is 9.59 Å². The average Bonchev–Trinajstić information content (AvgIpc) is 2.39. The second kappa shape index (κ2) is 7.99. The average molecular weight is 258 g/mol. The number of carboxylic acids is 2. The molecular weight excluding hydrogens is 246 g/mol. The van der Waals surface area contributed by atoms with Crippen LogP contribution in [-0.4, -0.2) is 22.2 Å². The van der Waals surface area contributed by atoms with Crippen molar-refractivity contribution in [3.8, 4) is 11.1 Å². The van der Waals surface area contributed by atoms with E-state index in [0.29, 0.717) is 0 Å². The first-order valence-corrected chi connectivity index (χ1v) is 5.25. The fourth-order valence-electron chi connectivity index (χ4n) is 1.61.